The summed E-state index contributed by atoms with van der Waals surface area (Å²) in [5, 5.41) is 6.08. The predicted molar refractivity (Wildman–Crippen MR) is 105 cm³/mol. The van der Waals surface area contributed by atoms with Gasteiger partial charge in [0, 0.05) is 12.2 Å². The van der Waals surface area contributed by atoms with E-state index in [4.69, 9.17) is 0 Å². The van der Waals surface area contributed by atoms with Crippen molar-refractivity contribution in [3.05, 3.63) is 83.3 Å². The van der Waals surface area contributed by atoms with Gasteiger partial charge < -0.3 is 10.6 Å². The number of nitrogens with one attached hydrogen (secondary N) is 2. The van der Waals surface area contributed by atoms with Crippen molar-refractivity contribution < 1.29 is 4.79 Å². The van der Waals surface area contributed by atoms with Gasteiger partial charge >= 0.3 is 0 Å². The zero-order valence-electron chi connectivity index (χ0n) is 15.0. The van der Waals surface area contributed by atoms with Crippen LogP contribution in [0.1, 0.15) is 27.2 Å². The topological polar surface area (TPSA) is 66.9 Å². The van der Waals surface area contributed by atoms with E-state index in [1.54, 1.807) is 6.20 Å². The van der Waals surface area contributed by atoms with Gasteiger partial charge in [-0.25, -0.2) is 9.97 Å². The summed E-state index contributed by atoms with van der Waals surface area (Å²) in [6.07, 6.45) is 3.97. The summed E-state index contributed by atoms with van der Waals surface area (Å²) in [6.45, 7) is 4.75. The molecule has 132 valence electrons. The van der Waals surface area contributed by atoms with Gasteiger partial charge in [0.1, 0.15) is 11.5 Å². The molecule has 1 heterocycles. The maximum atomic E-state index is 12.3. The minimum atomic E-state index is -0.265. The Kier molecular flexibility index (Phi) is 5.59. The van der Waals surface area contributed by atoms with Crippen LogP contribution in [-0.4, -0.2) is 22.4 Å². The third-order valence-electron chi connectivity index (χ3n) is 3.93. The van der Waals surface area contributed by atoms with Gasteiger partial charge in [0.25, 0.3) is 5.91 Å². The van der Waals surface area contributed by atoms with Crippen LogP contribution in [0.15, 0.2) is 60.9 Å². The molecule has 26 heavy (non-hydrogen) atoms. The first-order valence-corrected chi connectivity index (χ1v) is 8.59. The van der Waals surface area contributed by atoms with Crippen LogP contribution < -0.4 is 10.6 Å². The summed E-state index contributed by atoms with van der Waals surface area (Å²) < 4.78 is 0. The van der Waals surface area contributed by atoms with Crippen LogP contribution >= 0.6 is 0 Å². The maximum absolute atomic E-state index is 12.3. The normalized spacial score (nSPS) is 10.4. The summed E-state index contributed by atoms with van der Waals surface area (Å²) in [4.78, 5) is 20.8. The first-order valence-electron chi connectivity index (χ1n) is 8.59. The molecule has 0 aliphatic heterocycles. The monoisotopic (exact) mass is 346 g/mol. The summed E-state index contributed by atoms with van der Waals surface area (Å²) >= 11 is 0. The van der Waals surface area contributed by atoms with Crippen molar-refractivity contribution in [2.75, 3.05) is 17.2 Å². The second-order valence-corrected chi connectivity index (χ2v) is 6.28. The molecule has 3 aromatic rings. The molecule has 0 aliphatic rings. The highest BCUT2D eigenvalue weighted by molar-refractivity contribution is 6.02. The predicted octanol–water partition coefficient (Wildman–Crippen LogP) is 4.00. The number of carbonyl (C=O) groups excluding carboxylic acids is 1. The molecule has 1 aromatic heterocycles. The molecule has 1 amide bonds. The smallest absolute Gasteiger partial charge is 0.275 e. The van der Waals surface area contributed by atoms with E-state index >= 15 is 0 Å². The zero-order chi connectivity index (χ0) is 18.4. The lowest BCUT2D eigenvalue weighted by molar-refractivity contribution is 0.102. The van der Waals surface area contributed by atoms with E-state index in [1.807, 2.05) is 44.2 Å². The van der Waals surface area contributed by atoms with Crippen molar-refractivity contribution in [3.8, 4) is 0 Å². The van der Waals surface area contributed by atoms with Gasteiger partial charge in [0.15, 0.2) is 0 Å². The van der Waals surface area contributed by atoms with Crippen molar-refractivity contribution in [1.29, 1.82) is 0 Å². The number of amides is 1. The molecule has 0 radical (unpaired) electrons. The standard InChI is InChI=1S/C21H22N4O/c1-15-10-16(2)12-18(11-15)25-21(26)19-13-24-20(14-23-19)22-9-8-17-6-4-3-5-7-17/h3-7,10-14H,8-9H2,1-2H3,(H,22,24)(H,25,26). The van der Waals surface area contributed by atoms with Crippen LogP contribution in [0.3, 0.4) is 0 Å². The van der Waals surface area contributed by atoms with Crippen LogP contribution in [0.4, 0.5) is 11.5 Å². The molecule has 0 fully saturated rings. The van der Waals surface area contributed by atoms with E-state index in [0.29, 0.717) is 5.82 Å². The molecule has 0 saturated heterocycles. The number of nitrogens with zero attached hydrogens (tertiary/aromatic N) is 2. The van der Waals surface area contributed by atoms with E-state index in [-0.39, 0.29) is 11.6 Å². The largest absolute Gasteiger partial charge is 0.368 e. The van der Waals surface area contributed by atoms with Crippen molar-refractivity contribution in [2.45, 2.75) is 20.3 Å². The van der Waals surface area contributed by atoms with E-state index in [0.717, 1.165) is 29.8 Å². The highest BCUT2D eigenvalue weighted by Gasteiger charge is 2.09. The van der Waals surface area contributed by atoms with E-state index in [1.165, 1.54) is 11.8 Å². The van der Waals surface area contributed by atoms with Crippen molar-refractivity contribution >= 4 is 17.4 Å². The molecule has 0 spiro atoms. The number of benzene rings is 2. The zero-order valence-corrected chi connectivity index (χ0v) is 15.0. The number of aromatic nitrogens is 2. The first-order chi connectivity index (χ1) is 12.6. The molecule has 0 aliphatic carbocycles. The van der Waals surface area contributed by atoms with Gasteiger partial charge in [0.05, 0.1) is 12.4 Å². The Morgan fingerprint density at radius 2 is 1.69 bits per heavy atom. The lowest BCUT2D eigenvalue weighted by Crippen LogP contribution is -2.15. The first kappa shape index (κ1) is 17.6. The molecule has 0 saturated carbocycles. The van der Waals surface area contributed by atoms with Gasteiger partial charge in [0.2, 0.25) is 0 Å². The molecule has 2 aromatic carbocycles. The fourth-order valence-corrected chi connectivity index (χ4v) is 2.76. The Hall–Kier alpha value is -3.21. The van der Waals surface area contributed by atoms with Crippen LogP contribution in [-0.2, 0) is 6.42 Å². The van der Waals surface area contributed by atoms with Gasteiger partial charge in [-0.3, -0.25) is 4.79 Å². The average molecular weight is 346 g/mol. The van der Waals surface area contributed by atoms with Crippen LogP contribution in [0.2, 0.25) is 0 Å². The fourth-order valence-electron chi connectivity index (χ4n) is 2.76. The Balaban J connectivity index is 1.55. The van der Waals surface area contributed by atoms with E-state index in [2.05, 4.69) is 38.8 Å². The summed E-state index contributed by atoms with van der Waals surface area (Å²) in [5.41, 5.74) is 4.52. The molecule has 5 nitrogen and oxygen atoms in total. The van der Waals surface area contributed by atoms with Crippen LogP contribution in [0.5, 0.6) is 0 Å². The third-order valence-corrected chi connectivity index (χ3v) is 3.93. The van der Waals surface area contributed by atoms with Gasteiger partial charge in [-0.15, -0.1) is 0 Å². The molecule has 5 heteroatoms. The Labute approximate surface area is 153 Å². The number of hydrogen-bond donors (Lipinski definition) is 2. The van der Waals surface area contributed by atoms with Gasteiger partial charge in [-0.05, 0) is 49.1 Å². The highest BCUT2D eigenvalue weighted by atomic mass is 16.1. The average Bonchev–Trinajstić information content (AvgIpc) is 2.62. The molecule has 0 unspecified atom stereocenters. The minimum Gasteiger partial charge on any atom is -0.368 e. The lowest BCUT2D eigenvalue weighted by atomic mass is 10.1. The summed E-state index contributed by atoms with van der Waals surface area (Å²) in [5.74, 6) is 0.391. The second-order valence-electron chi connectivity index (χ2n) is 6.28. The second kappa shape index (κ2) is 8.25. The molecule has 0 atom stereocenters. The van der Waals surface area contributed by atoms with E-state index in [9.17, 15) is 4.79 Å². The molecule has 0 bridgehead atoms. The lowest BCUT2D eigenvalue weighted by Gasteiger charge is -2.08. The molecule has 2 N–H and O–H groups in total. The number of anilines is 2. The van der Waals surface area contributed by atoms with Crippen molar-refractivity contribution in [3.63, 3.8) is 0 Å². The van der Waals surface area contributed by atoms with Gasteiger partial charge in [-0.2, -0.15) is 0 Å². The summed E-state index contributed by atoms with van der Waals surface area (Å²) in [7, 11) is 0. The fraction of sp³-hybridized carbons (Fsp3) is 0.190. The SMILES string of the molecule is Cc1cc(C)cc(NC(=O)c2cnc(NCCc3ccccc3)cn2)c1. The Bertz CT molecular complexity index is 856. The Morgan fingerprint density at radius 3 is 2.35 bits per heavy atom. The van der Waals surface area contributed by atoms with Crippen LogP contribution in [0, 0.1) is 13.8 Å². The summed E-state index contributed by atoms with van der Waals surface area (Å²) in [6, 6.07) is 16.2. The Morgan fingerprint density at radius 1 is 0.962 bits per heavy atom. The highest BCUT2D eigenvalue weighted by Crippen LogP contribution is 2.14. The maximum Gasteiger partial charge on any atom is 0.275 e. The molecule has 3 rings (SSSR count). The third kappa shape index (κ3) is 4.89. The number of carbonyl (C=O) groups is 1. The minimum absolute atomic E-state index is 0.265. The van der Waals surface area contributed by atoms with Crippen molar-refractivity contribution in [1.82, 2.24) is 9.97 Å². The molecular formula is C21H22N4O. The molecular weight excluding hydrogens is 324 g/mol. The quantitative estimate of drug-likeness (QED) is 0.708. The number of aryl methyl sites for hydroxylation is 2. The van der Waals surface area contributed by atoms with E-state index < -0.39 is 0 Å². The van der Waals surface area contributed by atoms with Crippen LogP contribution in [0.25, 0.3) is 0 Å². The number of rotatable bonds is 6. The van der Waals surface area contributed by atoms with Gasteiger partial charge in [-0.1, -0.05) is 36.4 Å². The van der Waals surface area contributed by atoms with Crippen molar-refractivity contribution in [2.24, 2.45) is 0 Å². The number of hydrogen-bond acceptors (Lipinski definition) is 4.